The zero-order valence-electron chi connectivity index (χ0n) is 18.1. The highest BCUT2D eigenvalue weighted by Crippen LogP contribution is 2.30. The second-order valence-corrected chi connectivity index (χ2v) is 7.73. The fraction of sp³-hybridized carbons (Fsp3) is 0.154. The van der Waals surface area contributed by atoms with Gasteiger partial charge in [0.05, 0.1) is 5.56 Å². The monoisotopic (exact) mass is 452 g/mol. The van der Waals surface area contributed by atoms with Crippen molar-refractivity contribution < 1.29 is 22.8 Å². The van der Waals surface area contributed by atoms with E-state index in [0.29, 0.717) is 17.2 Å². The molecule has 0 aliphatic rings. The molecule has 0 bridgehead atoms. The van der Waals surface area contributed by atoms with E-state index in [9.17, 15) is 22.8 Å². The number of carbonyl (C=O) groups excluding carboxylic acids is 2. The van der Waals surface area contributed by atoms with Crippen LogP contribution in [0, 0.1) is 0 Å². The summed E-state index contributed by atoms with van der Waals surface area (Å²) in [4.78, 5) is 25.9. The largest absolute Gasteiger partial charge is 0.416 e. The fourth-order valence-electron chi connectivity index (χ4n) is 3.07. The molecule has 2 N–H and O–H groups in total. The number of hydrogen-bond acceptors (Lipinski definition) is 2. The molecular weight excluding hydrogens is 429 g/mol. The maximum Gasteiger partial charge on any atom is 0.416 e. The molecular formula is C26H23F3N2O2. The van der Waals surface area contributed by atoms with Crippen LogP contribution in [0.4, 0.5) is 24.5 Å². The van der Waals surface area contributed by atoms with E-state index in [2.05, 4.69) is 10.6 Å². The lowest BCUT2D eigenvalue weighted by molar-refractivity contribution is -0.137. The summed E-state index contributed by atoms with van der Waals surface area (Å²) in [6.45, 7) is 4.10. The lowest BCUT2D eigenvalue weighted by atomic mass is 10.0. The minimum absolute atomic E-state index is 0.0663. The molecule has 7 heteroatoms. The molecule has 0 heterocycles. The molecule has 0 saturated heterocycles. The first-order valence-corrected chi connectivity index (χ1v) is 10.3. The average molecular weight is 452 g/mol. The van der Waals surface area contributed by atoms with Crippen molar-refractivity contribution in [1.82, 2.24) is 0 Å². The highest BCUT2D eigenvalue weighted by molar-refractivity contribution is 6.28. The standard InChI is InChI=1S/C26H23F3N2O2/c1-17(2)19-13-11-18(12-14-19)15-23(24(32)30-21-8-4-3-5-9-21)25(33)31-22-10-6-7-20(16-22)26(27,28)29/h3-17H,1-2H3,(H,30,32)(H,31,33)/b23-15-. The molecule has 0 aliphatic carbocycles. The van der Waals surface area contributed by atoms with Crippen LogP contribution < -0.4 is 10.6 Å². The molecule has 0 saturated carbocycles. The summed E-state index contributed by atoms with van der Waals surface area (Å²) >= 11 is 0. The van der Waals surface area contributed by atoms with E-state index in [0.717, 1.165) is 17.7 Å². The molecule has 0 fully saturated rings. The normalized spacial score (nSPS) is 11.9. The Balaban J connectivity index is 1.92. The quantitative estimate of drug-likeness (QED) is 0.255. The molecule has 3 aromatic carbocycles. The van der Waals surface area contributed by atoms with Crippen LogP contribution in [-0.4, -0.2) is 11.8 Å². The number of halogens is 3. The minimum atomic E-state index is -4.55. The van der Waals surface area contributed by atoms with Gasteiger partial charge in [0.15, 0.2) is 0 Å². The summed E-state index contributed by atoms with van der Waals surface area (Å²) in [5, 5.41) is 5.05. The molecule has 0 aromatic heterocycles. The summed E-state index contributed by atoms with van der Waals surface area (Å²) in [6.07, 6.45) is -3.15. The zero-order chi connectivity index (χ0) is 24.0. The van der Waals surface area contributed by atoms with Crippen LogP contribution in [0.25, 0.3) is 6.08 Å². The molecule has 0 unspecified atom stereocenters. The minimum Gasteiger partial charge on any atom is -0.322 e. The predicted octanol–water partition coefficient (Wildman–Crippen LogP) is 6.49. The molecule has 0 aliphatic heterocycles. The summed E-state index contributed by atoms with van der Waals surface area (Å²) in [5.41, 5.74) is 0.976. The van der Waals surface area contributed by atoms with Gasteiger partial charge in [0, 0.05) is 11.4 Å². The van der Waals surface area contributed by atoms with Crippen LogP contribution in [0.2, 0.25) is 0 Å². The van der Waals surface area contributed by atoms with E-state index in [1.807, 2.05) is 26.0 Å². The molecule has 4 nitrogen and oxygen atoms in total. The molecule has 33 heavy (non-hydrogen) atoms. The smallest absolute Gasteiger partial charge is 0.322 e. The van der Waals surface area contributed by atoms with Crippen LogP contribution in [0.3, 0.4) is 0 Å². The Bertz CT molecular complexity index is 1150. The maximum atomic E-state index is 13.0. The lowest BCUT2D eigenvalue weighted by Crippen LogP contribution is -2.25. The first kappa shape index (κ1) is 23.8. The number of benzene rings is 3. The summed E-state index contributed by atoms with van der Waals surface area (Å²) < 4.78 is 39.1. The number of amides is 2. The summed E-state index contributed by atoms with van der Waals surface area (Å²) in [5.74, 6) is -1.19. The molecule has 0 spiro atoms. The van der Waals surface area contributed by atoms with E-state index >= 15 is 0 Å². The van der Waals surface area contributed by atoms with Crippen molar-refractivity contribution in [2.45, 2.75) is 25.9 Å². The van der Waals surface area contributed by atoms with Crippen molar-refractivity contribution in [3.63, 3.8) is 0 Å². The van der Waals surface area contributed by atoms with Crippen molar-refractivity contribution in [3.05, 3.63) is 101 Å². The van der Waals surface area contributed by atoms with E-state index in [1.165, 1.54) is 18.2 Å². The highest BCUT2D eigenvalue weighted by atomic mass is 19.4. The first-order valence-electron chi connectivity index (χ1n) is 10.3. The van der Waals surface area contributed by atoms with Crippen LogP contribution in [0.15, 0.2) is 84.4 Å². The van der Waals surface area contributed by atoms with Crippen LogP contribution in [-0.2, 0) is 15.8 Å². The Hall–Kier alpha value is -3.87. The van der Waals surface area contributed by atoms with Crippen LogP contribution >= 0.6 is 0 Å². The lowest BCUT2D eigenvalue weighted by Gasteiger charge is -2.12. The van der Waals surface area contributed by atoms with E-state index in [4.69, 9.17) is 0 Å². The Kier molecular flexibility index (Phi) is 7.33. The maximum absolute atomic E-state index is 13.0. The number of carbonyl (C=O) groups is 2. The molecule has 0 atom stereocenters. The predicted molar refractivity (Wildman–Crippen MR) is 124 cm³/mol. The molecule has 3 aromatic rings. The molecule has 3 rings (SSSR count). The van der Waals surface area contributed by atoms with Crippen molar-refractivity contribution in [1.29, 1.82) is 0 Å². The van der Waals surface area contributed by atoms with Gasteiger partial charge < -0.3 is 10.6 Å². The van der Waals surface area contributed by atoms with Gasteiger partial charge in [-0.3, -0.25) is 9.59 Å². The first-order chi connectivity index (χ1) is 15.6. The van der Waals surface area contributed by atoms with E-state index in [1.54, 1.807) is 42.5 Å². The number of nitrogens with one attached hydrogen (secondary N) is 2. The third-order valence-electron chi connectivity index (χ3n) is 4.88. The molecule has 0 radical (unpaired) electrons. The number of para-hydroxylation sites is 1. The fourth-order valence-corrected chi connectivity index (χ4v) is 3.07. The van der Waals surface area contributed by atoms with Gasteiger partial charge in [-0.25, -0.2) is 0 Å². The van der Waals surface area contributed by atoms with Crippen molar-refractivity contribution in [2.75, 3.05) is 10.6 Å². The highest BCUT2D eigenvalue weighted by Gasteiger charge is 2.30. The van der Waals surface area contributed by atoms with Gasteiger partial charge in [-0.15, -0.1) is 0 Å². The third-order valence-corrected chi connectivity index (χ3v) is 4.88. The van der Waals surface area contributed by atoms with Gasteiger partial charge in [0.25, 0.3) is 11.8 Å². The van der Waals surface area contributed by atoms with Gasteiger partial charge in [-0.1, -0.05) is 62.4 Å². The SMILES string of the molecule is CC(C)c1ccc(/C=C(/C(=O)Nc2ccccc2)C(=O)Nc2cccc(C(F)(F)F)c2)cc1. The van der Waals surface area contributed by atoms with Gasteiger partial charge in [-0.2, -0.15) is 13.2 Å². The van der Waals surface area contributed by atoms with Gasteiger partial charge >= 0.3 is 6.18 Å². The van der Waals surface area contributed by atoms with Gasteiger partial charge in [0.2, 0.25) is 0 Å². The average Bonchev–Trinajstić information content (AvgIpc) is 2.78. The third kappa shape index (κ3) is 6.55. The number of alkyl halides is 3. The second-order valence-electron chi connectivity index (χ2n) is 7.73. The van der Waals surface area contributed by atoms with Crippen LogP contribution in [0.1, 0.15) is 36.5 Å². The number of anilines is 2. The van der Waals surface area contributed by atoms with E-state index in [-0.39, 0.29) is 11.3 Å². The Morgan fingerprint density at radius 3 is 1.94 bits per heavy atom. The molecule has 170 valence electrons. The summed E-state index contributed by atoms with van der Waals surface area (Å²) in [6, 6.07) is 20.2. The Morgan fingerprint density at radius 1 is 0.788 bits per heavy atom. The number of hydrogen-bond donors (Lipinski definition) is 2. The van der Waals surface area contributed by atoms with Crippen molar-refractivity contribution in [3.8, 4) is 0 Å². The zero-order valence-corrected chi connectivity index (χ0v) is 18.1. The van der Waals surface area contributed by atoms with E-state index < -0.39 is 23.6 Å². The Morgan fingerprint density at radius 2 is 1.36 bits per heavy atom. The summed E-state index contributed by atoms with van der Waals surface area (Å²) in [7, 11) is 0. The Labute approximate surface area is 190 Å². The topological polar surface area (TPSA) is 58.2 Å². The molecule has 2 amide bonds. The van der Waals surface area contributed by atoms with Crippen LogP contribution in [0.5, 0.6) is 0 Å². The second kappa shape index (κ2) is 10.2. The van der Waals surface area contributed by atoms with Crippen molar-refractivity contribution >= 4 is 29.3 Å². The number of rotatable bonds is 6. The van der Waals surface area contributed by atoms with Crippen molar-refractivity contribution in [2.24, 2.45) is 0 Å². The van der Waals surface area contributed by atoms with Gasteiger partial charge in [0.1, 0.15) is 5.57 Å². The van der Waals surface area contributed by atoms with Gasteiger partial charge in [-0.05, 0) is 53.5 Å².